The maximum absolute atomic E-state index is 13.6. The minimum absolute atomic E-state index is 0.00166. The zero-order valence-electron chi connectivity index (χ0n) is 26.1. The molecule has 0 bridgehead atoms. The first-order valence-electron chi connectivity index (χ1n) is 14.8. The minimum Gasteiger partial charge on any atom is -0.355 e. The van der Waals surface area contributed by atoms with Gasteiger partial charge in [0, 0.05) is 50.3 Å². The number of rotatable bonds is 15. The number of carbonyl (C=O) groups is 5. The van der Waals surface area contributed by atoms with Crippen LogP contribution in [0.3, 0.4) is 0 Å². The quantitative estimate of drug-likeness (QED) is 0.159. The minimum atomic E-state index is -1.11. The number of aromatic nitrogens is 2. The van der Waals surface area contributed by atoms with E-state index in [1.54, 1.807) is 10.9 Å². The molecule has 2 atom stereocenters. The molecule has 2 aromatic carbocycles. The van der Waals surface area contributed by atoms with Gasteiger partial charge in [-0.25, -0.2) is 0 Å². The second-order valence-electron chi connectivity index (χ2n) is 11.8. The summed E-state index contributed by atoms with van der Waals surface area (Å²) in [6.45, 7) is 5.78. The Hall–Kier alpha value is -4.45. The second-order valence-corrected chi connectivity index (χ2v) is 12.1. The average molecular weight is 640 g/mol. The molecule has 45 heavy (non-hydrogen) atoms. The van der Waals surface area contributed by atoms with Gasteiger partial charge in [-0.15, -0.1) is 11.6 Å². The highest BCUT2D eigenvalue weighted by molar-refractivity contribution is 6.27. The van der Waals surface area contributed by atoms with Crippen LogP contribution < -0.4 is 26.6 Å². The zero-order chi connectivity index (χ0) is 33.0. The van der Waals surface area contributed by atoms with Crippen molar-refractivity contribution in [3.05, 3.63) is 65.9 Å². The van der Waals surface area contributed by atoms with Gasteiger partial charge in [0.1, 0.15) is 18.0 Å². The Morgan fingerprint density at radius 3 is 2.27 bits per heavy atom. The Labute approximate surface area is 268 Å². The Bertz CT molecular complexity index is 1490. The van der Waals surface area contributed by atoms with Crippen LogP contribution in [0.2, 0.25) is 0 Å². The Morgan fingerprint density at radius 2 is 1.58 bits per heavy atom. The lowest BCUT2D eigenvalue weighted by molar-refractivity contribution is -0.133. The van der Waals surface area contributed by atoms with Crippen molar-refractivity contribution in [3.63, 3.8) is 0 Å². The van der Waals surface area contributed by atoms with Gasteiger partial charge in [0.15, 0.2) is 0 Å². The van der Waals surface area contributed by atoms with E-state index in [-0.39, 0.29) is 50.6 Å². The summed E-state index contributed by atoms with van der Waals surface area (Å²) in [6.07, 6.45) is 1.82. The first-order chi connectivity index (χ1) is 21.3. The van der Waals surface area contributed by atoms with E-state index in [4.69, 9.17) is 11.6 Å². The SMILES string of the molecule is Cn1ncc2cc(CNC(=O)[C@H](Cc3ccccc3)NC(=O)[C@H](CCC(=O)NC(C)(C)C)NC(=O)CCNC(=O)CCl)ccc21. The lowest BCUT2D eigenvalue weighted by Gasteiger charge is -2.24. The number of halogens is 1. The maximum Gasteiger partial charge on any atom is 0.243 e. The number of carbonyl (C=O) groups excluding carboxylic acids is 5. The number of amides is 5. The standard InChI is InChI=1S/C32H42ClN7O5/c1-32(2,3)39-28(42)13-11-24(37-27(41)14-15-34-29(43)18-33)31(45)38-25(17-21-8-6-5-7-9-21)30(44)35-19-22-10-12-26-23(16-22)20-36-40(26)4/h5-10,12,16,20,24-25H,11,13-15,17-19H2,1-4H3,(H,34,43)(H,35,44)(H,37,41)(H,38,45)(H,39,42)/t24-,25-/m0/s1. The molecule has 0 aliphatic carbocycles. The number of hydrogen-bond acceptors (Lipinski definition) is 6. The normalized spacial score (nSPS) is 12.6. The van der Waals surface area contributed by atoms with Gasteiger partial charge < -0.3 is 26.6 Å². The third kappa shape index (κ3) is 11.9. The van der Waals surface area contributed by atoms with Gasteiger partial charge in [0.25, 0.3) is 0 Å². The summed E-state index contributed by atoms with van der Waals surface area (Å²) in [5.74, 6) is -2.46. The molecule has 3 rings (SSSR count). The van der Waals surface area contributed by atoms with Crippen molar-refractivity contribution in [3.8, 4) is 0 Å². The highest BCUT2D eigenvalue weighted by Gasteiger charge is 2.28. The van der Waals surface area contributed by atoms with Crippen molar-refractivity contribution >= 4 is 52.0 Å². The van der Waals surface area contributed by atoms with E-state index in [2.05, 4.69) is 31.7 Å². The molecule has 5 N–H and O–H groups in total. The van der Waals surface area contributed by atoms with Gasteiger partial charge >= 0.3 is 0 Å². The molecule has 12 nitrogen and oxygen atoms in total. The number of fused-ring (bicyclic) bond motifs is 1. The molecule has 0 saturated heterocycles. The number of alkyl halides is 1. The van der Waals surface area contributed by atoms with Gasteiger partial charge in [-0.3, -0.25) is 28.7 Å². The highest BCUT2D eigenvalue weighted by atomic mass is 35.5. The van der Waals surface area contributed by atoms with Crippen molar-refractivity contribution in [1.82, 2.24) is 36.4 Å². The predicted molar refractivity (Wildman–Crippen MR) is 172 cm³/mol. The van der Waals surface area contributed by atoms with Crippen molar-refractivity contribution in [2.75, 3.05) is 12.4 Å². The molecule has 0 radical (unpaired) electrons. The fourth-order valence-electron chi connectivity index (χ4n) is 4.62. The van der Waals surface area contributed by atoms with E-state index in [0.29, 0.717) is 0 Å². The number of nitrogens with one attached hydrogen (secondary N) is 5. The first kappa shape index (κ1) is 35.0. The largest absolute Gasteiger partial charge is 0.355 e. The smallest absolute Gasteiger partial charge is 0.243 e. The maximum atomic E-state index is 13.6. The van der Waals surface area contributed by atoms with Crippen LogP contribution in [0.1, 0.15) is 51.2 Å². The van der Waals surface area contributed by atoms with Crippen molar-refractivity contribution in [2.24, 2.45) is 7.05 Å². The highest BCUT2D eigenvalue weighted by Crippen LogP contribution is 2.15. The molecule has 0 aliphatic heterocycles. The number of aryl methyl sites for hydroxylation is 1. The predicted octanol–water partition coefficient (Wildman–Crippen LogP) is 1.84. The third-order valence-electron chi connectivity index (χ3n) is 6.81. The summed E-state index contributed by atoms with van der Waals surface area (Å²) in [6, 6.07) is 13.0. The summed E-state index contributed by atoms with van der Waals surface area (Å²) in [5.41, 5.74) is 2.18. The fourth-order valence-corrected chi connectivity index (χ4v) is 4.72. The topological polar surface area (TPSA) is 163 Å². The first-order valence-corrected chi connectivity index (χ1v) is 15.3. The Morgan fingerprint density at radius 1 is 0.844 bits per heavy atom. The van der Waals surface area contributed by atoms with E-state index in [1.807, 2.05) is 76.3 Å². The van der Waals surface area contributed by atoms with Gasteiger partial charge in [0.05, 0.1) is 11.7 Å². The summed E-state index contributed by atoms with van der Waals surface area (Å²) in [4.78, 5) is 63.8. The molecule has 0 fully saturated rings. The summed E-state index contributed by atoms with van der Waals surface area (Å²) >= 11 is 5.48. The van der Waals surface area contributed by atoms with Crippen LogP contribution in [0.25, 0.3) is 10.9 Å². The van der Waals surface area contributed by atoms with E-state index in [0.717, 1.165) is 22.0 Å². The Kier molecular flexibility index (Phi) is 12.9. The molecule has 0 aliphatic rings. The molecule has 13 heteroatoms. The van der Waals surface area contributed by atoms with Gasteiger partial charge in [0.2, 0.25) is 29.5 Å². The van der Waals surface area contributed by atoms with Gasteiger partial charge in [-0.2, -0.15) is 5.10 Å². The van der Waals surface area contributed by atoms with Crippen LogP contribution in [0.4, 0.5) is 0 Å². The molecule has 0 saturated carbocycles. The van der Waals surface area contributed by atoms with E-state index in [9.17, 15) is 24.0 Å². The van der Waals surface area contributed by atoms with Crippen molar-refractivity contribution in [1.29, 1.82) is 0 Å². The molecule has 5 amide bonds. The summed E-state index contributed by atoms with van der Waals surface area (Å²) < 4.78 is 1.76. The lowest BCUT2D eigenvalue weighted by atomic mass is 10.0. The number of benzene rings is 2. The lowest BCUT2D eigenvalue weighted by Crippen LogP contribution is -2.54. The second kappa shape index (κ2) is 16.6. The van der Waals surface area contributed by atoms with E-state index < -0.39 is 41.3 Å². The molecular formula is C32H42ClN7O5. The fraction of sp³-hybridized carbons (Fsp3) is 0.438. The molecule has 0 spiro atoms. The van der Waals surface area contributed by atoms with Crippen LogP contribution in [0.5, 0.6) is 0 Å². The molecular weight excluding hydrogens is 598 g/mol. The summed E-state index contributed by atoms with van der Waals surface area (Å²) in [5, 5.41) is 18.9. The Balaban J connectivity index is 1.73. The van der Waals surface area contributed by atoms with Crippen molar-refractivity contribution < 1.29 is 24.0 Å². The molecule has 1 aromatic heterocycles. The monoisotopic (exact) mass is 639 g/mol. The van der Waals surface area contributed by atoms with Crippen LogP contribution in [0, 0.1) is 0 Å². The number of hydrogen-bond donors (Lipinski definition) is 5. The van der Waals surface area contributed by atoms with Crippen LogP contribution >= 0.6 is 11.6 Å². The van der Waals surface area contributed by atoms with Crippen molar-refractivity contribution in [2.45, 2.75) is 70.6 Å². The van der Waals surface area contributed by atoms with Crippen LogP contribution in [-0.4, -0.2) is 69.4 Å². The molecule has 242 valence electrons. The summed E-state index contributed by atoms with van der Waals surface area (Å²) in [7, 11) is 1.85. The van der Waals surface area contributed by atoms with E-state index >= 15 is 0 Å². The third-order valence-corrected chi connectivity index (χ3v) is 7.06. The average Bonchev–Trinajstić information content (AvgIpc) is 3.36. The molecule has 1 heterocycles. The van der Waals surface area contributed by atoms with Gasteiger partial charge in [-0.05, 0) is 50.5 Å². The molecule has 3 aromatic rings. The van der Waals surface area contributed by atoms with Crippen LogP contribution in [0.15, 0.2) is 54.7 Å². The molecule has 0 unspecified atom stereocenters. The van der Waals surface area contributed by atoms with Crippen LogP contribution in [-0.2, 0) is 44.0 Å². The zero-order valence-corrected chi connectivity index (χ0v) is 26.9. The van der Waals surface area contributed by atoms with Gasteiger partial charge in [-0.1, -0.05) is 36.4 Å². The van der Waals surface area contributed by atoms with E-state index in [1.165, 1.54) is 0 Å². The number of nitrogens with zero attached hydrogens (tertiary/aromatic N) is 2.